The minimum Gasteiger partial charge on any atom is -0.478 e. The van der Waals surface area contributed by atoms with Crippen LogP contribution in [0, 0.1) is 27.7 Å². The summed E-state index contributed by atoms with van der Waals surface area (Å²) in [5, 5.41) is 9.27. The number of ether oxygens (including phenoxy) is 7. The number of rotatable bonds is 19. The molecule has 640 valence electrons. The molecule has 8 aliphatic carbocycles. The number of Topliss-reactive ketones (excluding diaryl/α,β-unsaturated/α-hetero) is 1. The summed E-state index contributed by atoms with van der Waals surface area (Å²) in [4.78, 5) is 83.7. The lowest BCUT2D eigenvalue weighted by Gasteiger charge is -2.32. The zero-order chi connectivity index (χ0) is 86.2. The monoisotopic (exact) mass is 1710 g/mol. The highest BCUT2D eigenvalue weighted by Gasteiger charge is 2.59. The number of carbonyl (C=O) groups excluding carboxylic acids is 6. The van der Waals surface area contributed by atoms with Gasteiger partial charge in [0.2, 0.25) is 28.3 Å². The molecule has 6 saturated carbocycles. The number of esters is 3. The molecule has 2 atom stereocenters. The summed E-state index contributed by atoms with van der Waals surface area (Å²) in [5.41, 5.74) is 2.97. The molecule has 2 unspecified atom stereocenters. The predicted molar refractivity (Wildman–Crippen MR) is 444 cm³/mol. The topological polar surface area (TPSA) is 226 Å². The summed E-state index contributed by atoms with van der Waals surface area (Å²) in [5.74, 6) is -1.34. The van der Waals surface area contributed by atoms with Gasteiger partial charge in [-0.25, -0.2) is 28.0 Å². The van der Waals surface area contributed by atoms with Gasteiger partial charge in [0.15, 0.2) is 11.6 Å². The molecular formula is C90H122BBrF5NO17S. The van der Waals surface area contributed by atoms with Gasteiger partial charge >= 0.3 is 31.0 Å². The Labute approximate surface area is 694 Å². The zero-order valence-corrected chi connectivity index (χ0v) is 73.8. The Hall–Kier alpha value is -7.13. The van der Waals surface area contributed by atoms with Gasteiger partial charge in [0.25, 0.3) is 11.4 Å². The fourth-order valence-corrected chi connectivity index (χ4v) is 14.8. The first-order valence-corrected chi connectivity index (χ1v) is 43.0. The molecule has 116 heavy (non-hydrogen) atoms. The first-order valence-electron chi connectivity index (χ1n) is 40.9. The molecule has 13 rings (SSSR count). The van der Waals surface area contributed by atoms with Crippen LogP contribution in [0.5, 0.6) is 23.0 Å². The molecule has 0 spiro atoms. The fourth-order valence-electron chi connectivity index (χ4n) is 13.9. The molecule has 0 radical (unpaired) electrons. The van der Waals surface area contributed by atoms with Crippen LogP contribution in [-0.4, -0.2) is 127 Å². The third-order valence-corrected chi connectivity index (χ3v) is 23.4. The molecule has 0 bridgehead atoms. The van der Waals surface area contributed by atoms with Crippen molar-refractivity contribution in [2.45, 2.75) is 341 Å². The molecule has 0 amide bonds. The number of carboxylic acids is 1. The van der Waals surface area contributed by atoms with Crippen molar-refractivity contribution in [3.8, 4) is 23.0 Å². The van der Waals surface area contributed by atoms with Crippen molar-refractivity contribution in [3.05, 3.63) is 134 Å². The standard InChI is InChI=1S/C21H28O4.C21H26O4.C17H20F2O3.C15H19BrO3.C12H19BO3.C4H10F3NS/c2*1-14-8-9-17(15-6-5-7-16(22)13-15)18(12-14)24-21(10-11-21)19(23)25-20(2,3)4;1-11-4-5-13(12-3-2-6-17(18,19)10-12)14(9-11)22-16(7-8-16)15(20)21;1-10-5-6-11(16)12(9-10)18-15(7-8-15)13(17)19-14(2,3)4;1-11(2)12(3,4)16-13(15-11)9-6-5-7-10(14)8-9;1-3-8(4-2)9(5,6)7/h8-9,12,15H,5-7,10-11,13H2,1-4H3;8-9,12-13H,5-7,10-11H2,1-4H3;4-5,9,12H,2-3,6-8,10H2,1H3,(H,20,21);5-6,9H,7-8H2,1-4H3;8H,5-7H2,1-4H3;3-4H2,1-2H3. The van der Waals surface area contributed by atoms with E-state index in [9.17, 15) is 59.1 Å². The van der Waals surface area contributed by atoms with Crippen molar-refractivity contribution < 1.29 is 102 Å². The van der Waals surface area contributed by atoms with Crippen molar-refractivity contribution >= 4 is 81.2 Å². The van der Waals surface area contributed by atoms with Crippen LogP contribution in [0.1, 0.15) is 296 Å². The lowest BCUT2D eigenvalue weighted by atomic mass is 9.72. The minimum absolute atomic E-state index is 0.0648. The quantitative estimate of drug-likeness (QED) is 0.0398. The lowest BCUT2D eigenvalue weighted by Crippen LogP contribution is -2.41. The largest absolute Gasteiger partial charge is 0.490 e. The van der Waals surface area contributed by atoms with Crippen LogP contribution in [0.2, 0.25) is 0 Å². The van der Waals surface area contributed by atoms with Crippen LogP contribution >= 0.6 is 27.3 Å². The van der Waals surface area contributed by atoms with Crippen LogP contribution in [0.4, 0.5) is 20.4 Å². The number of ketones is 3. The first-order chi connectivity index (χ1) is 53.7. The molecule has 0 aromatic heterocycles. The predicted octanol–water partition coefficient (Wildman–Crippen LogP) is 22.2. The number of carboxylic acid groups (broad SMARTS) is 1. The number of carbonyl (C=O) groups is 7. The smallest absolute Gasteiger partial charge is 0.478 e. The fraction of sp³-hybridized carbons (Fsp3) is 0.611. The Morgan fingerprint density at radius 3 is 1.32 bits per heavy atom. The van der Waals surface area contributed by atoms with Crippen molar-refractivity contribution in [2.75, 3.05) is 13.1 Å². The number of hydrogen-bond acceptors (Lipinski definition) is 17. The molecule has 9 aliphatic rings. The van der Waals surface area contributed by atoms with E-state index in [-0.39, 0.29) is 85.6 Å². The molecule has 1 aliphatic heterocycles. The van der Waals surface area contributed by atoms with Gasteiger partial charge in [-0.2, -0.15) is 4.31 Å². The first kappa shape index (κ1) is 94.4. The maximum absolute atomic E-state index is 13.7. The normalized spacial score (nSPS) is 21.6. The van der Waals surface area contributed by atoms with Gasteiger partial charge < -0.3 is 47.6 Å². The van der Waals surface area contributed by atoms with E-state index in [4.69, 9.17) is 42.5 Å². The molecule has 1 saturated heterocycles. The third-order valence-electron chi connectivity index (χ3n) is 21.6. The zero-order valence-electron chi connectivity index (χ0n) is 71.4. The highest BCUT2D eigenvalue weighted by atomic mass is 79.9. The van der Waals surface area contributed by atoms with Gasteiger partial charge in [0, 0.05) is 109 Å². The minimum atomic E-state index is -4.93. The van der Waals surface area contributed by atoms with Crippen LogP contribution < -0.4 is 18.9 Å². The van der Waals surface area contributed by atoms with Gasteiger partial charge in [-0.15, -0.1) is 11.7 Å². The van der Waals surface area contributed by atoms with E-state index in [0.29, 0.717) is 117 Å². The number of nitrogens with zero attached hydrogens (tertiary/aromatic N) is 1. The van der Waals surface area contributed by atoms with E-state index in [0.717, 1.165) is 98.7 Å². The number of hydrogen-bond donors (Lipinski definition) is 1. The molecule has 4 aromatic rings. The van der Waals surface area contributed by atoms with Crippen molar-refractivity contribution in [3.63, 3.8) is 0 Å². The Morgan fingerprint density at radius 1 is 0.517 bits per heavy atom. The van der Waals surface area contributed by atoms with Gasteiger partial charge in [0.1, 0.15) is 45.6 Å². The van der Waals surface area contributed by atoms with Crippen LogP contribution in [-0.2, 0) is 57.1 Å². The highest BCUT2D eigenvalue weighted by molar-refractivity contribution is 9.10. The third kappa shape index (κ3) is 26.9. The summed E-state index contributed by atoms with van der Waals surface area (Å²) in [6, 6.07) is 23.3. The molecular weight excluding hydrogens is 1580 g/mol. The van der Waals surface area contributed by atoms with Crippen molar-refractivity contribution in [1.82, 2.24) is 4.31 Å². The Kier molecular flexibility index (Phi) is 30.6. The molecule has 1 heterocycles. The second-order valence-corrected chi connectivity index (χ2v) is 38.4. The van der Waals surface area contributed by atoms with Crippen LogP contribution in [0.25, 0.3) is 5.57 Å². The van der Waals surface area contributed by atoms with E-state index in [1.807, 2.05) is 178 Å². The van der Waals surface area contributed by atoms with Gasteiger partial charge in [-0.1, -0.05) is 56.3 Å². The molecule has 26 heteroatoms. The molecule has 4 aromatic carbocycles. The Balaban J connectivity index is 0.000000178. The number of allylic oxidation sites excluding steroid dienone is 4. The lowest BCUT2D eigenvalue weighted by molar-refractivity contribution is -0.166. The summed E-state index contributed by atoms with van der Waals surface area (Å²) in [7, 11) is -0.339. The Morgan fingerprint density at radius 2 is 0.914 bits per heavy atom. The second kappa shape index (κ2) is 37.7. The second-order valence-electron chi connectivity index (χ2n) is 36.3. The molecule has 7 fully saturated rings. The summed E-state index contributed by atoms with van der Waals surface area (Å²) < 4.78 is 116. The van der Waals surface area contributed by atoms with Gasteiger partial charge in [-0.05, 0) is 284 Å². The highest BCUT2D eigenvalue weighted by Crippen LogP contribution is 2.56. The van der Waals surface area contributed by atoms with Gasteiger partial charge in [0.05, 0.1) is 15.7 Å². The summed E-state index contributed by atoms with van der Waals surface area (Å²) in [6.07, 6.45) is 17.3. The van der Waals surface area contributed by atoms with Crippen LogP contribution in [0.3, 0.4) is 0 Å². The van der Waals surface area contributed by atoms with Gasteiger partial charge in [-0.3, -0.25) is 14.4 Å². The SMILES string of the molecule is CC1(C)OB(C2=CC(=O)CCC2)OC1(C)C.CCN(CC)S(F)(F)F.Cc1ccc(Br)c(OC2(C(=O)OC(C)(C)C)CC2)c1.Cc1ccc(C2=CC(=O)CCC2)c(OC2(C(=O)OC(C)(C)C)CC2)c1.Cc1ccc(C2CCCC(=O)C2)c(OC2(C(=O)OC(C)(C)C)CC2)c1.Cc1ccc(C2CCCC(F)(F)C2)c(OC2(C(=O)O)CC2)c1. The summed E-state index contributed by atoms with van der Waals surface area (Å²) >= 11 is -1.49. The van der Waals surface area contributed by atoms with E-state index in [1.165, 1.54) is 13.8 Å². The number of aryl methyl sites for hydroxylation is 4. The molecule has 1 N–H and O–H groups in total. The van der Waals surface area contributed by atoms with E-state index in [2.05, 4.69) is 22.0 Å². The average Bonchev–Trinajstić information content (AvgIpc) is 1.62. The van der Waals surface area contributed by atoms with E-state index >= 15 is 0 Å². The maximum Gasteiger partial charge on any atom is 0.490 e. The number of benzene rings is 4. The van der Waals surface area contributed by atoms with Crippen molar-refractivity contribution in [1.29, 1.82) is 0 Å². The average molecular weight is 1710 g/mol. The van der Waals surface area contributed by atoms with Crippen LogP contribution in [0.15, 0.2) is 94.9 Å². The van der Waals surface area contributed by atoms with E-state index < -0.39 is 62.5 Å². The van der Waals surface area contributed by atoms with E-state index in [1.54, 1.807) is 18.2 Å². The maximum atomic E-state index is 13.7. The Bertz CT molecular complexity index is 4250. The number of alkyl halides is 2. The summed E-state index contributed by atoms with van der Waals surface area (Å²) in [6.45, 7) is 35.9. The number of aliphatic carboxylic acids is 1. The van der Waals surface area contributed by atoms with Crippen molar-refractivity contribution in [2.24, 2.45) is 0 Å². The number of halogens is 6. The molecule has 18 nitrogen and oxygen atoms in total.